The zero-order valence-corrected chi connectivity index (χ0v) is 21.4. The van der Waals surface area contributed by atoms with Gasteiger partial charge in [-0.3, -0.25) is 4.79 Å². The Kier molecular flexibility index (Phi) is 7.29. The molecule has 0 aromatic carbocycles. The average molecular weight is 484 g/mol. The minimum Gasteiger partial charge on any atom is -0.447 e. The fourth-order valence-corrected chi connectivity index (χ4v) is 8.84. The van der Waals surface area contributed by atoms with Gasteiger partial charge in [0, 0.05) is 32.1 Å². The Morgan fingerprint density at radius 2 is 1.64 bits per heavy atom. The molecule has 188 valence electrons. The van der Waals surface area contributed by atoms with Gasteiger partial charge >= 0.3 is 6.09 Å². The van der Waals surface area contributed by atoms with E-state index >= 15 is 0 Å². The van der Waals surface area contributed by atoms with E-state index in [0.29, 0.717) is 30.7 Å². The topological polar surface area (TPSA) is 87.2 Å². The number of hydrogen-bond donors (Lipinski definition) is 0. The molecule has 4 fully saturated rings. The fraction of sp³-hybridized carbons (Fsp3) is 0.917. The molecule has 2 saturated heterocycles. The first-order valence-corrected chi connectivity index (χ1v) is 14.4. The lowest BCUT2D eigenvalue weighted by atomic mass is 9.69. The van der Waals surface area contributed by atoms with Gasteiger partial charge in [0.25, 0.3) is 0 Å². The minimum atomic E-state index is -3.05. The van der Waals surface area contributed by atoms with Crippen LogP contribution >= 0.6 is 0 Å². The van der Waals surface area contributed by atoms with Crippen LogP contribution in [-0.2, 0) is 19.6 Å². The maximum atomic E-state index is 13.0. The largest absolute Gasteiger partial charge is 0.447 e. The summed E-state index contributed by atoms with van der Waals surface area (Å²) in [6.07, 6.45) is 7.13. The fourth-order valence-electron chi connectivity index (χ4n) is 7.04. The number of rotatable bonds is 3. The van der Waals surface area contributed by atoms with Crippen LogP contribution in [-0.4, -0.2) is 83.6 Å². The molecule has 8 nitrogen and oxygen atoms in total. The van der Waals surface area contributed by atoms with Crippen molar-refractivity contribution < 1.29 is 22.7 Å². The number of carbonyl (C=O) groups is 2. The lowest BCUT2D eigenvalue weighted by molar-refractivity contribution is -0.142. The molecule has 0 radical (unpaired) electrons. The lowest BCUT2D eigenvalue weighted by Crippen LogP contribution is -2.67. The van der Waals surface area contributed by atoms with Crippen molar-refractivity contribution in [2.24, 2.45) is 11.8 Å². The summed E-state index contributed by atoms with van der Waals surface area (Å²) < 4.78 is 32.0. The third kappa shape index (κ3) is 5.04. The molecule has 33 heavy (non-hydrogen) atoms. The van der Waals surface area contributed by atoms with Crippen molar-refractivity contribution in [2.45, 2.75) is 109 Å². The summed E-state index contributed by atoms with van der Waals surface area (Å²) in [6.45, 7) is 8.58. The predicted molar refractivity (Wildman–Crippen MR) is 126 cm³/mol. The number of nitrogens with zero attached hydrogens (tertiary/aromatic N) is 3. The van der Waals surface area contributed by atoms with Crippen LogP contribution < -0.4 is 0 Å². The van der Waals surface area contributed by atoms with Gasteiger partial charge in [0.1, 0.15) is 0 Å². The Morgan fingerprint density at radius 1 is 0.970 bits per heavy atom. The molecule has 0 aromatic rings. The van der Waals surface area contributed by atoms with E-state index in [-0.39, 0.29) is 42.3 Å². The number of sulfonamides is 1. The second kappa shape index (κ2) is 9.72. The molecule has 2 amide bonds. The maximum Gasteiger partial charge on any atom is 0.410 e. The third-order valence-corrected chi connectivity index (χ3v) is 10.4. The first-order valence-electron chi connectivity index (χ1n) is 12.8. The van der Waals surface area contributed by atoms with Gasteiger partial charge in [0.2, 0.25) is 15.9 Å². The van der Waals surface area contributed by atoms with E-state index in [1.165, 1.54) is 0 Å². The van der Waals surface area contributed by atoms with Gasteiger partial charge in [-0.1, -0.05) is 0 Å². The van der Waals surface area contributed by atoms with Gasteiger partial charge in [-0.05, 0) is 84.0 Å². The van der Waals surface area contributed by atoms with E-state index in [9.17, 15) is 18.0 Å². The minimum absolute atomic E-state index is 0.00761. The van der Waals surface area contributed by atoms with E-state index < -0.39 is 10.0 Å². The van der Waals surface area contributed by atoms with Crippen LogP contribution in [0.5, 0.6) is 0 Å². The molecule has 4 rings (SSSR count). The van der Waals surface area contributed by atoms with Gasteiger partial charge in [-0.25, -0.2) is 13.2 Å². The van der Waals surface area contributed by atoms with E-state index in [1.54, 1.807) is 11.2 Å². The molecule has 4 atom stereocenters. The number of ether oxygens (including phenoxy) is 1. The Balaban J connectivity index is 1.44. The van der Waals surface area contributed by atoms with Crippen molar-refractivity contribution in [3.8, 4) is 0 Å². The molecule has 2 aliphatic heterocycles. The molecule has 2 aliphatic carbocycles. The molecule has 2 heterocycles. The molecule has 0 spiro atoms. The molecule has 3 unspecified atom stereocenters. The van der Waals surface area contributed by atoms with Crippen molar-refractivity contribution in [1.82, 2.24) is 14.1 Å². The summed E-state index contributed by atoms with van der Waals surface area (Å²) in [5.41, 5.74) is 0. The molecular weight excluding hydrogens is 442 g/mol. The first-order chi connectivity index (χ1) is 15.6. The van der Waals surface area contributed by atoms with Crippen LogP contribution in [0.25, 0.3) is 0 Å². The number of piperazine rings is 1. The van der Waals surface area contributed by atoms with Crippen molar-refractivity contribution in [3.63, 3.8) is 0 Å². The van der Waals surface area contributed by atoms with Gasteiger partial charge in [-0.15, -0.1) is 0 Å². The van der Waals surface area contributed by atoms with Crippen molar-refractivity contribution in [1.29, 1.82) is 0 Å². The van der Waals surface area contributed by atoms with Gasteiger partial charge < -0.3 is 14.5 Å². The summed E-state index contributed by atoms with van der Waals surface area (Å²) >= 11 is 0. The summed E-state index contributed by atoms with van der Waals surface area (Å²) in [6, 6.07) is 0.185. The number of amides is 2. The molecule has 2 saturated carbocycles. The van der Waals surface area contributed by atoms with Crippen LogP contribution in [0.15, 0.2) is 0 Å². The van der Waals surface area contributed by atoms with Crippen LogP contribution in [0.1, 0.15) is 79.1 Å². The predicted octanol–water partition coefficient (Wildman–Crippen LogP) is 3.22. The first kappa shape index (κ1) is 24.8. The van der Waals surface area contributed by atoms with Crippen molar-refractivity contribution >= 4 is 22.0 Å². The number of fused-ring (bicyclic) bond motifs is 1. The number of carbonyl (C=O) groups excluding carboxylic acids is 2. The average Bonchev–Trinajstić information content (AvgIpc) is 3.11. The van der Waals surface area contributed by atoms with Gasteiger partial charge in [0.05, 0.1) is 23.9 Å². The summed E-state index contributed by atoms with van der Waals surface area (Å²) in [5, 5.41) is 0. The summed E-state index contributed by atoms with van der Waals surface area (Å²) in [4.78, 5) is 29.3. The van der Waals surface area contributed by atoms with Crippen LogP contribution in [0.3, 0.4) is 0 Å². The smallest absolute Gasteiger partial charge is 0.410 e. The Bertz CT molecular complexity index is 839. The van der Waals surface area contributed by atoms with E-state index in [4.69, 9.17) is 4.74 Å². The van der Waals surface area contributed by atoms with E-state index in [0.717, 1.165) is 51.4 Å². The molecule has 0 bridgehead atoms. The second-order valence-corrected chi connectivity index (χ2v) is 13.0. The van der Waals surface area contributed by atoms with Crippen molar-refractivity contribution in [2.75, 3.05) is 18.8 Å². The SMILES string of the molecule is CC(=O)N1C2CCC(C3CCC(N4CCCS4(=O)=O)CC3)CC2N(C(=O)OC(C)C)C[C@@H]1C. The van der Waals surface area contributed by atoms with Crippen LogP contribution in [0.2, 0.25) is 0 Å². The Labute approximate surface area is 199 Å². The summed E-state index contributed by atoms with van der Waals surface area (Å²) in [7, 11) is -3.05. The lowest BCUT2D eigenvalue weighted by Gasteiger charge is -2.54. The Morgan fingerprint density at radius 3 is 2.21 bits per heavy atom. The molecule has 9 heteroatoms. The number of hydrogen-bond acceptors (Lipinski definition) is 5. The monoisotopic (exact) mass is 483 g/mol. The van der Waals surface area contributed by atoms with Crippen molar-refractivity contribution in [3.05, 3.63) is 0 Å². The maximum absolute atomic E-state index is 13.0. The highest BCUT2D eigenvalue weighted by Gasteiger charge is 2.48. The summed E-state index contributed by atoms with van der Waals surface area (Å²) in [5.74, 6) is 1.44. The van der Waals surface area contributed by atoms with Gasteiger partial charge in [0.15, 0.2) is 0 Å². The molecule has 4 aliphatic rings. The van der Waals surface area contributed by atoms with E-state index in [1.807, 2.05) is 30.6 Å². The highest BCUT2D eigenvalue weighted by Crippen LogP contribution is 2.44. The molecular formula is C24H41N3O5S. The standard InChI is InChI=1S/C24H41N3O5S/c1-16(2)32-24(29)25-15-17(3)27(18(4)28)22-11-8-20(14-23(22)25)19-6-9-21(10-7-19)26-12-5-13-33(26,30)31/h16-17,19-23H,5-15H2,1-4H3/t17-,19?,20?,21?,22?,23?/m0/s1. The third-order valence-electron chi connectivity index (χ3n) is 8.40. The van der Waals surface area contributed by atoms with E-state index in [2.05, 4.69) is 0 Å². The second-order valence-electron chi connectivity index (χ2n) is 10.9. The highest BCUT2D eigenvalue weighted by atomic mass is 32.2. The Hall–Kier alpha value is -1.35. The molecule has 0 N–H and O–H groups in total. The van der Waals surface area contributed by atoms with Gasteiger partial charge in [-0.2, -0.15) is 4.31 Å². The normalized spacial score (nSPS) is 37.1. The van der Waals surface area contributed by atoms with Crippen LogP contribution in [0, 0.1) is 11.8 Å². The molecule has 0 aromatic heterocycles. The zero-order chi connectivity index (χ0) is 23.9. The quantitative estimate of drug-likeness (QED) is 0.615. The van der Waals surface area contributed by atoms with Crippen LogP contribution in [0.4, 0.5) is 4.79 Å². The zero-order valence-electron chi connectivity index (χ0n) is 20.6. The highest BCUT2D eigenvalue weighted by molar-refractivity contribution is 7.89.